The number of hydrazone groups is 1. The van der Waals surface area contributed by atoms with Crippen LogP contribution in [0.25, 0.3) is 11.3 Å². The van der Waals surface area contributed by atoms with E-state index < -0.39 is 0 Å². The van der Waals surface area contributed by atoms with Crippen molar-refractivity contribution in [1.29, 1.82) is 5.26 Å². The summed E-state index contributed by atoms with van der Waals surface area (Å²) in [6.45, 7) is 6.16. The molecular weight excluding hydrogens is 328 g/mol. The van der Waals surface area contributed by atoms with E-state index in [-0.39, 0.29) is 5.71 Å². The average Bonchev–Trinajstić information content (AvgIpc) is 3.06. The number of rotatable bonds is 4. The predicted molar refractivity (Wildman–Crippen MR) is 104 cm³/mol. The molecule has 3 rings (SSSR count). The minimum atomic E-state index is 0.279. The van der Waals surface area contributed by atoms with Gasteiger partial charge in [-0.15, -0.1) is 11.3 Å². The first kappa shape index (κ1) is 16.9. The van der Waals surface area contributed by atoms with Crippen LogP contribution in [-0.4, -0.2) is 10.7 Å². The first-order valence-corrected chi connectivity index (χ1v) is 8.79. The van der Waals surface area contributed by atoms with E-state index >= 15 is 0 Å². The number of hydrogen-bond acceptors (Lipinski definition) is 5. The van der Waals surface area contributed by atoms with Gasteiger partial charge in [0.2, 0.25) is 0 Å². The Balaban J connectivity index is 1.85. The number of nitrogens with zero attached hydrogens (tertiary/aromatic N) is 3. The highest BCUT2D eigenvalue weighted by molar-refractivity contribution is 7.12. The van der Waals surface area contributed by atoms with Crippen LogP contribution in [0.15, 0.2) is 52.9 Å². The Morgan fingerprint density at radius 2 is 1.80 bits per heavy atom. The van der Waals surface area contributed by atoms with Crippen LogP contribution < -0.4 is 5.43 Å². The summed E-state index contributed by atoms with van der Waals surface area (Å²) in [7, 11) is 0. The Bertz CT molecular complexity index is 962. The smallest absolute Gasteiger partial charge is 0.196 e. The molecule has 0 atom stereocenters. The molecule has 2 aromatic carbocycles. The Morgan fingerprint density at radius 3 is 2.48 bits per heavy atom. The Labute approximate surface area is 151 Å². The number of anilines is 1. The number of benzene rings is 2. The van der Waals surface area contributed by atoms with Crippen molar-refractivity contribution in [2.75, 3.05) is 5.43 Å². The summed E-state index contributed by atoms with van der Waals surface area (Å²) in [5.74, 6) is 0. The molecule has 1 heterocycles. The van der Waals surface area contributed by atoms with Crippen LogP contribution >= 0.6 is 11.3 Å². The van der Waals surface area contributed by atoms with Crippen LogP contribution in [0.3, 0.4) is 0 Å². The van der Waals surface area contributed by atoms with Crippen LogP contribution in [0.2, 0.25) is 0 Å². The van der Waals surface area contributed by atoms with Gasteiger partial charge in [-0.05, 0) is 38.5 Å². The molecule has 0 saturated carbocycles. The lowest BCUT2D eigenvalue weighted by Gasteiger charge is -2.03. The summed E-state index contributed by atoms with van der Waals surface area (Å²) in [5.41, 5.74) is 9.56. The van der Waals surface area contributed by atoms with E-state index in [1.165, 1.54) is 28.0 Å². The van der Waals surface area contributed by atoms with E-state index in [1.54, 1.807) is 0 Å². The molecule has 0 fully saturated rings. The van der Waals surface area contributed by atoms with Gasteiger partial charge in [0, 0.05) is 10.9 Å². The van der Waals surface area contributed by atoms with Crippen LogP contribution in [-0.2, 0) is 0 Å². The van der Waals surface area contributed by atoms with Gasteiger partial charge in [-0.25, -0.2) is 4.98 Å². The topological polar surface area (TPSA) is 61.1 Å². The zero-order valence-corrected chi connectivity index (χ0v) is 15.2. The molecule has 1 aromatic heterocycles. The third-order valence-corrected chi connectivity index (χ3v) is 4.67. The predicted octanol–water partition coefficient (Wildman–Crippen LogP) is 5.08. The maximum Gasteiger partial charge on any atom is 0.196 e. The fourth-order valence-electron chi connectivity index (χ4n) is 2.48. The molecule has 0 aliphatic carbocycles. The third kappa shape index (κ3) is 3.93. The van der Waals surface area contributed by atoms with Crippen molar-refractivity contribution >= 4 is 22.7 Å². The van der Waals surface area contributed by atoms with Crippen molar-refractivity contribution in [3.05, 3.63) is 69.5 Å². The van der Waals surface area contributed by atoms with Crippen molar-refractivity contribution in [3.8, 4) is 17.3 Å². The van der Waals surface area contributed by atoms with Gasteiger partial charge < -0.3 is 0 Å². The van der Waals surface area contributed by atoms with Crippen molar-refractivity contribution in [1.82, 2.24) is 4.98 Å². The van der Waals surface area contributed by atoms with Gasteiger partial charge in [-0.2, -0.15) is 10.4 Å². The lowest BCUT2D eigenvalue weighted by Crippen LogP contribution is -2.01. The quantitative estimate of drug-likeness (QED) is 0.529. The Hall–Kier alpha value is -2.97. The zero-order valence-electron chi connectivity index (χ0n) is 14.4. The lowest BCUT2D eigenvalue weighted by molar-refractivity contribution is 1.29. The Morgan fingerprint density at radius 1 is 1.08 bits per heavy atom. The van der Waals surface area contributed by atoms with Gasteiger partial charge in [-0.3, -0.25) is 5.43 Å². The number of aromatic nitrogens is 1. The highest BCUT2D eigenvalue weighted by Gasteiger charge is 2.12. The van der Waals surface area contributed by atoms with E-state index in [2.05, 4.69) is 53.6 Å². The average molecular weight is 346 g/mol. The highest BCUT2D eigenvalue weighted by atomic mass is 32.1. The normalized spacial score (nSPS) is 11.2. The second-order valence-corrected chi connectivity index (χ2v) is 6.76. The van der Waals surface area contributed by atoms with Crippen molar-refractivity contribution in [2.24, 2.45) is 5.10 Å². The van der Waals surface area contributed by atoms with E-state index in [0.717, 1.165) is 16.9 Å². The maximum atomic E-state index is 9.42. The maximum absolute atomic E-state index is 9.42. The zero-order chi connectivity index (χ0) is 17.8. The molecule has 0 unspecified atom stereocenters. The molecule has 0 amide bonds. The molecule has 0 saturated heterocycles. The number of thiazole rings is 1. The van der Waals surface area contributed by atoms with E-state index in [1.807, 2.05) is 36.6 Å². The fourth-order valence-corrected chi connectivity index (χ4v) is 3.23. The molecular formula is C20H18N4S. The van der Waals surface area contributed by atoms with Gasteiger partial charge >= 0.3 is 0 Å². The summed E-state index contributed by atoms with van der Waals surface area (Å²) in [6.07, 6.45) is 0. The number of aryl methyl sites for hydroxylation is 3. The molecule has 0 spiro atoms. The molecule has 4 nitrogen and oxygen atoms in total. The summed E-state index contributed by atoms with van der Waals surface area (Å²) in [4.78, 5) is 4.59. The largest absolute Gasteiger partial charge is 0.277 e. The molecule has 124 valence electrons. The van der Waals surface area contributed by atoms with Gasteiger partial charge in [-0.1, -0.05) is 41.5 Å². The van der Waals surface area contributed by atoms with Gasteiger partial charge in [0.25, 0.3) is 0 Å². The number of nitrogens with one attached hydrogen (secondary N) is 1. The van der Waals surface area contributed by atoms with Crippen LogP contribution in [0, 0.1) is 32.1 Å². The van der Waals surface area contributed by atoms with Crippen molar-refractivity contribution in [3.63, 3.8) is 0 Å². The second kappa shape index (κ2) is 7.29. The molecule has 0 radical (unpaired) electrons. The summed E-state index contributed by atoms with van der Waals surface area (Å²) >= 11 is 1.42. The SMILES string of the molecule is Cc1ccc(N/N=C(/C#N)c2nc(-c3ccc(C)cc3C)cs2)cc1. The standard InChI is InChI=1S/C20H18N4S/c1-13-4-7-16(8-5-13)23-24-18(11-21)20-22-19(12-25-20)17-9-6-14(2)10-15(17)3/h4-10,12,23H,1-3H3/b24-18-. The monoisotopic (exact) mass is 346 g/mol. The number of nitriles is 1. The van der Waals surface area contributed by atoms with E-state index in [4.69, 9.17) is 0 Å². The van der Waals surface area contributed by atoms with E-state index in [0.29, 0.717) is 5.01 Å². The molecule has 25 heavy (non-hydrogen) atoms. The molecule has 1 N–H and O–H groups in total. The molecule has 0 aliphatic heterocycles. The van der Waals surface area contributed by atoms with Gasteiger partial charge in [0.05, 0.1) is 11.4 Å². The van der Waals surface area contributed by atoms with Crippen molar-refractivity contribution in [2.45, 2.75) is 20.8 Å². The van der Waals surface area contributed by atoms with Crippen LogP contribution in [0.5, 0.6) is 0 Å². The minimum Gasteiger partial charge on any atom is -0.277 e. The summed E-state index contributed by atoms with van der Waals surface area (Å²) in [6, 6.07) is 16.2. The van der Waals surface area contributed by atoms with E-state index in [9.17, 15) is 5.26 Å². The first-order chi connectivity index (χ1) is 12.1. The minimum absolute atomic E-state index is 0.279. The fraction of sp³-hybridized carbons (Fsp3) is 0.150. The summed E-state index contributed by atoms with van der Waals surface area (Å²) < 4.78 is 0. The van der Waals surface area contributed by atoms with Crippen molar-refractivity contribution < 1.29 is 0 Å². The third-order valence-electron chi connectivity index (χ3n) is 3.82. The van der Waals surface area contributed by atoms with Gasteiger partial charge in [0.15, 0.2) is 10.7 Å². The highest BCUT2D eigenvalue weighted by Crippen LogP contribution is 2.26. The lowest BCUT2D eigenvalue weighted by atomic mass is 10.0. The molecule has 0 bridgehead atoms. The summed E-state index contributed by atoms with van der Waals surface area (Å²) in [5, 5.41) is 16.2. The number of hydrogen-bond donors (Lipinski definition) is 1. The van der Waals surface area contributed by atoms with Crippen LogP contribution in [0.4, 0.5) is 5.69 Å². The molecule has 3 aromatic rings. The molecule has 5 heteroatoms. The van der Waals surface area contributed by atoms with Crippen LogP contribution in [0.1, 0.15) is 21.7 Å². The first-order valence-electron chi connectivity index (χ1n) is 7.91. The van der Waals surface area contributed by atoms with Gasteiger partial charge in [0.1, 0.15) is 6.07 Å². The molecule has 0 aliphatic rings. The second-order valence-electron chi connectivity index (χ2n) is 5.91. The Kier molecular flexibility index (Phi) is 4.92.